The number of hydrogen-bond donors (Lipinski definition) is 1. The van der Waals surface area contributed by atoms with Crippen LogP contribution < -0.4 is 0 Å². The van der Waals surface area contributed by atoms with Crippen LogP contribution in [-0.4, -0.2) is 5.21 Å². The van der Waals surface area contributed by atoms with Gasteiger partial charge in [0.05, 0.1) is 5.70 Å². The Kier molecular flexibility index (Phi) is 7.27. The summed E-state index contributed by atoms with van der Waals surface area (Å²) in [6.45, 7) is 2.97. The third-order valence-electron chi connectivity index (χ3n) is 0.811. The largest absolute Gasteiger partial charge is 0.567 e. The Morgan fingerprint density at radius 2 is 2.00 bits per heavy atom. The van der Waals surface area contributed by atoms with E-state index in [0.29, 0.717) is 0 Å². The molecule has 1 radical (unpaired) electrons. The van der Waals surface area contributed by atoms with E-state index in [-0.39, 0.29) is 28.2 Å². The molecule has 9 heavy (non-hydrogen) atoms. The molecule has 0 heterocycles. The van der Waals surface area contributed by atoms with Crippen LogP contribution in [0.1, 0.15) is 13.8 Å². The standard InChI is InChI=1S/C4H8N2O2.Co/c1-3(5-7)4(2)6-8;/h1-2H3,(H2,5,6,7,8);/p-1. The van der Waals surface area contributed by atoms with Gasteiger partial charge in [0.1, 0.15) is 0 Å². The summed E-state index contributed by atoms with van der Waals surface area (Å²) >= 11 is 0. The van der Waals surface area contributed by atoms with Crippen molar-refractivity contribution in [2.45, 2.75) is 13.8 Å². The van der Waals surface area contributed by atoms with E-state index in [2.05, 4.69) is 10.7 Å². The van der Waals surface area contributed by atoms with Crippen molar-refractivity contribution in [1.82, 2.24) is 0 Å². The molecule has 0 amide bonds. The maximum Gasteiger partial charge on any atom is 0.0643 e. The van der Waals surface area contributed by atoms with Crippen molar-refractivity contribution < 1.29 is 22.0 Å². The van der Waals surface area contributed by atoms with Crippen LogP contribution in [0.4, 0.5) is 0 Å². The van der Waals surface area contributed by atoms with E-state index >= 15 is 0 Å². The predicted octanol–water partition coefficient (Wildman–Crippen LogP) is 1.76. The van der Waals surface area contributed by atoms with Gasteiger partial charge in [0, 0.05) is 16.8 Å². The molecule has 1 N–H and O–H groups in total. The first-order chi connectivity index (χ1) is 3.72. The second-order valence-corrected chi connectivity index (χ2v) is 1.36. The third-order valence-corrected chi connectivity index (χ3v) is 0.811. The summed E-state index contributed by atoms with van der Waals surface area (Å²) in [6.07, 6.45) is 0. The van der Waals surface area contributed by atoms with Crippen LogP contribution in [0.25, 0.3) is 5.48 Å². The van der Waals surface area contributed by atoms with Gasteiger partial charge in [-0.05, 0) is 12.1 Å². The van der Waals surface area contributed by atoms with Gasteiger partial charge in [-0.1, -0.05) is 6.92 Å². The Hall–Kier alpha value is -0.394. The first-order valence-corrected chi connectivity index (χ1v) is 2.08. The topological polar surface area (TPSA) is 63.8 Å². The molecule has 0 aromatic rings. The zero-order valence-corrected chi connectivity index (χ0v) is 6.12. The maximum absolute atomic E-state index is 9.63. The van der Waals surface area contributed by atoms with Gasteiger partial charge >= 0.3 is 0 Å². The summed E-state index contributed by atoms with van der Waals surface area (Å²) in [4.78, 5) is 9.63. The van der Waals surface area contributed by atoms with Crippen LogP contribution in [0, 0.1) is 4.91 Å². The molecule has 0 fully saturated rings. The van der Waals surface area contributed by atoms with Gasteiger partial charge in [-0.2, -0.15) is 0 Å². The smallest absolute Gasteiger partial charge is 0.0643 e. The quantitative estimate of drug-likeness (QED) is 0.512. The van der Waals surface area contributed by atoms with Gasteiger partial charge in [0.25, 0.3) is 0 Å². The molecule has 0 spiro atoms. The number of nitroso groups, excluding NO2 is 1. The number of hydrogen-bond acceptors (Lipinski definition) is 3. The second kappa shape index (κ2) is 5.74. The maximum atomic E-state index is 9.63. The Labute approximate surface area is 63.5 Å². The van der Waals surface area contributed by atoms with E-state index in [1.54, 1.807) is 0 Å². The van der Waals surface area contributed by atoms with Crippen molar-refractivity contribution in [2.24, 2.45) is 5.18 Å². The monoisotopic (exact) mass is 174 g/mol. The molecule has 0 unspecified atom stereocenters. The predicted molar refractivity (Wildman–Crippen MR) is 29.3 cm³/mol. The number of allylic oxidation sites excluding steroid dienone is 2. The van der Waals surface area contributed by atoms with Gasteiger partial charge in [-0.3, -0.25) is 0 Å². The molecule has 0 aromatic heterocycles. The molecule has 0 atom stereocenters. The van der Waals surface area contributed by atoms with Crippen LogP contribution in [0.2, 0.25) is 0 Å². The second-order valence-electron chi connectivity index (χ2n) is 1.36. The Balaban J connectivity index is 0. The fraction of sp³-hybridized carbons (Fsp3) is 0.500. The van der Waals surface area contributed by atoms with Gasteiger partial charge in [0.2, 0.25) is 0 Å². The average molecular weight is 174 g/mol. The molecule has 0 saturated carbocycles. The fourth-order valence-corrected chi connectivity index (χ4v) is 0.138. The van der Waals surface area contributed by atoms with Crippen LogP contribution >= 0.6 is 0 Å². The van der Waals surface area contributed by atoms with E-state index in [1.165, 1.54) is 13.8 Å². The number of nitrogens with zero attached hydrogens (tertiary/aromatic N) is 2. The van der Waals surface area contributed by atoms with Gasteiger partial charge in [-0.15, -0.1) is 10.6 Å². The minimum Gasteiger partial charge on any atom is -0.567 e. The zero-order chi connectivity index (χ0) is 6.57. The van der Waals surface area contributed by atoms with E-state index in [9.17, 15) is 4.91 Å². The van der Waals surface area contributed by atoms with E-state index in [0.717, 1.165) is 0 Å². The van der Waals surface area contributed by atoms with Crippen LogP contribution in [-0.2, 0) is 16.8 Å². The fourth-order valence-electron chi connectivity index (χ4n) is 0.138. The molecule has 0 aromatic carbocycles. The van der Waals surface area contributed by atoms with Crippen molar-refractivity contribution in [2.75, 3.05) is 0 Å². The molecule has 55 valence electrons. The van der Waals surface area contributed by atoms with Crippen molar-refractivity contribution in [3.05, 3.63) is 21.8 Å². The molecule has 4 nitrogen and oxygen atoms in total. The van der Waals surface area contributed by atoms with Gasteiger partial charge in [0.15, 0.2) is 0 Å². The molecule has 0 rings (SSSR count). The van der Waals surface area contributed by atoms with Crippen LogP contribution in [0.5, 0.6) is 0 Å². The molecular weight excluding hydrogens is 167 g/mol. The first-order valence-electron chi connectivity index (χ1n) is 2.08. The van der Waals surface area contributed by atoms with E-state index < -0.39 is 0 Å². The summed E-state index contributed by atoms with van der Waals surface area (Å²) in [5, 5.41) is 10.5. The molecule has 0 aliphatic heterocycles. The summed E-state index contributed by atoms with van der Waals surface area (Å²) in [5.41, 5.74) is 3.20. The van der Waals surface area contributed by atoms with Crippen molar-refractivity contribution in [1.29, 1.82) is 0 Å². The summed E-state index contributed by atoms with van der Waals surface area (Å²) in [7, 11) is 0. The SMILES string of the molecule is C/C(N=O)=C(\C)[N-]O.[Co]. The van der Waals surface area contributed by atoms with Crippen molar-refractivity contribution >= 4 is 0 Å². The Morgan fingerprint density at radius 1 is 1.56 bits per heavy atom. The minimum absolute atomic E-state index is 0. The first kappa shape index (κ1) is 11.4. The summed E-state index contributed by atoms with van der Waals surface area (Å²) < 4.78 is 0. The summed E-state index contributed by atoms with van der Waals surface area (Å²) in [5.74, 6) is 0. The number of rotatable bonds is 2. The minimum atomic E-state index is 0. The molecule has 0 saturated heterocycles. The van der Waals surface area contributed by atoms with Crippen molar-refractivity contribution in [3.8, 4) is 0 Å². The third kappa shape index (κ3) is 4.13. The van der Waals surface area contributed by atoms with Crippen molar-refractivity contribution in [3.63, 3.8) is 0 Å². The van der Waals surface area contributed by atoms with E-state index in [1.807, 2.05) is 0 Å². The number of hydroxylamine groups is 1. The Bertz CT molecular complexity index is 124. The molecule has 0 aliphatic carbocycles. The molecular formula is C4H7CoN2O2-. The molecule has 5 heteroatoms. The normalized spacial score (nSPS) is 11.0. The molecule has 0 aliphatic rings. The van der Waals surface area contributed by atoms with Crippen LogP contribution in [0.3, 0.4) is 0 Å². The van der Waals surface area contributed by atoms with Gasteiger partial charge in [-0.25, -0.2) is 0 Å². The zero-order valence-electron chi connectivity index (χ0n) is 5.08. The van der Waals surface area contributed by atoms with Crippen LogP contribution in [0.15, 0.2) is 16.6 Å². The van der Waals surface area contributed by atoms with Gasteiger partial charge < -0.3 is 10.7 Å². The average Bonchev–Trinajstić information content (AvgIpc) is 1.84. The summed E-state index contributed by atoms with van der Waals surface area (Å²) in [6, 6.07) is 0. The molecule has 0 bridgehead atoms. The van der Waals surface area contributed by atoms with E-state index in [4.69, 9.17) is 5.21 Å². The Morgan fingerprint density at radius 3 is 2.11 bits per heavy atom.